The van der Waals surface area contributed by atoms with E-state index in [-0.39, 0.29) is 0 Å². The Labute approximate surface area is 154 Å². The number of benzene rings is 1. The maximum Gasteiger partial charge on any atom is 0.191 e. The molecule has 5 nitrogen and oxygen atoms in total. The third kappa shape index (κ3) is 5.67. The van der Waals surface area contributed by atoms with Gasteiger partial charge >= 0.3 is 0 Å². The Morgan fingerprint density at radius 1 is 1.00 bits per heavy atom. The summed E-state index contributed by atoms with van der Waals surface area (Å²) in [5.74, 6) is 2.26. The quantitative estimate of drug-likeness (QED) is 0.557. The fraction of sp³-hybridized carbons (Fsp3) is 0.421. The van der Waals surface area contributed by atoms with Crippen molar-refractivity contribution in [3.8, 4) is 11.5 Å². The highest BCUT2D eigenvalue weighted by atomic mass is 32.1. The summed E-state index contributed by atoms with van der Waals surface area (Å²) in [6.45, 7) is 6.41. The first-order chi connectivity index (χ1) is 12.2. The largest absolute Gasteiger partial charge is 0.493 e. The molecule has 0 amide bonds. The van der Waals surface area contributed by atoms with Crippen molar-refractivity contribution in [2.24, 2.45) is 4.99 Å². The number of hydrogen-bond donors (Lipinski definition) is 2. The van der Waals surface area contributed by atoms with Gasteiger partial charge < -0.3 is 20.1 Å². The van der Waals surface area contributed by atoms with E-state index in [0.29, 0.717) is 6.54 Å². The van der Waals surface area contributed by atoms with Gasteiger partial charge in [-0.05, 0) is 43.2 Å². The summed E-state index contributed by atoms with van der Waals surface area (Å²) in [7, 11) is 3.28. The second-order valence-corrected chi connectivity index (χ2v) is 6.71. The van der Waals surface area contributed by atoms with Crippen LogP contribution in [-0.2, 0) is 19.5 Å². The van der Waals surface area contributed by atoms with Crippen LogP contribution < -0.4 is 20.1 Å². The molecule has 1 aromatic carbocycles. The highest BCUT2D eigenvalue weighted by molar-refractivity contribution is 7.11. The molecule has 1 heterocycles. The zero-order valence-electron chi connectivity index (χ0n) is 15.4. The van der Waals surface area contributed by atoms with E-state index in [1.54, 1.807) is 14.2 Å². The number of methoxy groups -OCH3 is 2. The van der Waals surface area contributed by atoms with Gasteiger partial charge in [0, 0.05) is 16.3 Å². The third-order valence-corrected chi connectivity index (χ3v) is 4.94. The van der Waals surface area contributed by atoms with Crippen LogP contribution in [0.3, 0.4) is 0 Å². The van der Waals surface area contributed by atoms with Crippen LogP contribution in [0.15, 0.2) is 35.3 Å². The van der Waals surface area contributed by atoms with Crippen molar-refractivity contribution >= 4 is 17.3 Å². The molecule has 0 unspecified atom stereocenters. The van der Waals surface area contributed by atoms with Crippen LogP contribution in [0.2, 0.25) is 0 Å². The standard InChI is InChI=1S/C19H27N3O2S/c1-5-15-8-9-16(25-15)13-22-19(20-6-2)21-12-14-7-10-17(23-3)18(11-14)24-4/h7-11H,5-6,12-13H2,1-4H3,(H2,20,21,22). The zero-order valence-corrected chi connectivity index (χ0v) is 16.2. The Kier molecular flexibility index (Phi) is 7.60. The van der Waals surface area contributed by atoms with Crippen molar-refractivity contribution < 1.29 is 9.47 Å². The first-order valence-electron chi connectivity index (χ1n) is 8.50. The van der Waals surface area contributed by atoms with Crippen LogP contribution in [-0.4, -0.2) is 26.7 Å². The molecule has 0 atom stereocenters. The Morgan fingerprint density at radius 3 is 2.40 bits per heavy atom. The Bertz CT molecular complexity index is 698. The molecule has 25 heavy (non-hydrogen) atoms. The molecular formula is C19H27N3O2S. The summed E-state index contributed by atoms with van der Waals surface area (Å²) < 4.78 is 10.6. The number of guanidine groups is 1. The molecule has 0 fully saturated rings. The lowest BCUT2D eigenvalue weighted by molar-refractivity contribution is 0.354. The number of rotatable bonds is 8. The second-order valence-electron chi connectivity index (χ2n) is 5.46. The van der Waals surface area contributed by atoms with Gasteiger partial charge in [-0.3, -0.25) is 0 Å². The first-order valence-corrected chi connectivity index (χ1v) is 9.32. The molecule has 1 aromatic heterocycles. The normalized spacial score (nSPS) is 11.3. The lowest BCUT2D eigenvalue weighted by Crippen LogP contribution is -2.36. The van der Waals surface area contributed by atoms with Gasteiger partial charge in [-0.2, -0.15) is 0 Å². The summed E-state index contributed by atoms with van der Waals surface area (Å²) in [5.41, 5.74) is 1.07. The van der Waals surface area contributed by atoms with Crippen molar-refractivity contribution in [1.29, 1.82) is 0 Å². The topological polar surface area (TPSA) is 54.9 Å². The van der Waals surface area contributed by atoms with Crippen LogP contribution in [0.5, 0.6) is 11.5 Å². The molecule has 0 radical (unpaired) electrons. The summed E-state index contributed by atoms with van der Waals surface area (Å²) in [6, 6.07) is 10.2. The highest BCUT2D eigenvalue weighted by Crippen LogP contribution is 2.27. The summed E-state index contributed by atoms with van der Waals surface area (Å²) in [4.78, 5) is 7.38. The zero-order chi connectivity index (χ0) is 18.1. The number of ether oxygens (including phenoxy) is 2. The van der Waals surface area contributed by atoms with Gasteiger partial charge in [0.05, 0.1) is 27.3 Å². The molecular weight excluding hydrogens is 334 g/mol. The number of hydrogen-bond acceptors (Lipinski definition) is 4. The fourth-order valence-corrected chi connectivity index (χ4v) is 3.27. The van der Waals surface area contributed by atoms with E-state index in [0.717, 1.165) is 42.5 Å². The number of aliphatic imine (C=N–C) groups is 1. The van der Waals surface area contributed by atoms with E-state index in [2.05, 4.69) is 41.6 Å². The van der Waals surface area contributed by atoms with E-state index in [9.17, 15) is 0 Å². The third-order valence-electron chi connectivity index (χ3n) is 3.71. The van der Waals surface area contributed by atoms with E-state index >= 15 is 0 Å². The Morgan fingerprint density at radius 2 is 1.76 bits per heavy atom. The SMILES string of the molecule is CCNC(=NCc1ccc(OC)c(OC)c1)NCc1ccc(CC)s1. The van der Waals surface area contributed by atoms with Gasteiger partial charge in [-0.1, -0.05) is 13.0 Å². The molecule has 0 saturated heterocycles. The van der Waals surface area contributed by atoms with Gasteiger partial charge in [0.2, 0.25) is 0 Å². The molecule has 2 aromatic rings. The minimum Gasteiger partial charge on any atom is -0.493 e. The van der Waals surface area contributed by atoms with E-state index < -0.39 is 0 Å². The molecule has 0 bridgehead atoms. The van der Waals surface area contributed by atoms with E-state index in [4.69, 9.17) is 9.47 Å². The van der Waals surface area contributed by atoms with Gasteiger partial charge in [-0.15, -0.1) is 11.3 Å². The minimum absolute atomic E-state index is 0.570. The number of nitrogens with one attached hydrogen (secondary N) is 2. The molecule has 136 valence electrons. The first kappa shape index (κ1) is 19.1. The maximum atomic E-state index is 5.35. The van der Waals surface area contributed by atoms with Crippen molar-refractivity contribution in [3.63, 3.8) is 0 Å². The minimum atomic E-state index is 0.570. The molecule has 0 spiro atoms. The number of thiophene rings is 1. The summed E-state index contributed by atoms with van der Waals surface area (Å²) in [6.07, 6.45) is 1.08. The van der Waals surface area contributed by atoms with Crippen LogP contribution in [0.25, 0.3) is 0 Å². The Hall–Kier alpha value is -2.21. The molecule has 0 aliphatic carbocycles. The smallest absolute Gasteiger partial charge is 0.191 e. The second kappa shape index (κ2) is 9.93. The van der Waals surface area contributed by atoms with Crippen LogP contribution in [0.1, 0.15) is 29.2 Å². The molecule has 2 N–H and O–H groups in total. The van der Waals surface area contributed by atoms with Crippen molar-refractivity contribution in [2.75, 3.05) is 20.8 Å². The van der Waals surface area contributed by atoms with Gasteiger partial charge in [-0.25, -0.2) is 4.99 Å². The number of nitrogens with zero attached hydrogens (tertiary/aromatic N) is 1. The van der Waals surface area contributed by atoms with Gasteiger partial charge in [0.25, 0.3) is 0 Å². The maximum absolute atomic E-state index is 5.35. The van der Waals surface area contributed by atoms with Crippen molar-refractivity contribution in [1.82, 2.24) is 10.6 Å². The molecule has 0 saturated carbocycles. The Balaban J connectivity index is 2.01. The summed E-state index contributed by atoms with van der Waals surface area (Å²) in [5, 5.41) is 6.67. The van der Waals surface area contributed by atoms with Crippen molar-refractivity contribution in [2.45, 2.75) is 33.4 Å². The lowest BCUT2D eigenvalue weighted by atomic mass is 10.2. The number of aryl methyl sites for hydroxylation is 1. The average Bonchev–Trinajstić information content (AvgIpc) is 3.11. The summed E-state index contributed by atoms with van der Waals surface area (Å²) >= 11 is 1.84. The van der Waals surface area contributed by atoms with E-state index in [1.165, 1.54) is 9.75 Å². The molecule has 2 rings (SSSR count). The lowest BCUT2D eigenvalue weighted by Gasteiger charge is -2.11. The monoisotopic (exact) mass is 361 g/mol. The van der Waals surface area contributed by atoms with Gasteiger partial charge in [0.1, 0.15) is 0 Å². The predicted molar refractivity (Wildman–Crippen MR) is 105 cm³/mol. The van der Waals surface area contributed by atoms with Crippen molar-refractivity contribution in [3.05, 3.63) is 45.6 Å². The highest BCUT2D eigenvalue weighted by Gasteiger charge is 2.05. The van der Waals surface area contributed by atoms with Crippen LogP contribution in [0.4, 0.5) is 0 Å². The van der Waals surface area contributed by atoms with Crippen LogP contribution in [0, 0.1) is 0 Å². The fourth-order valence-electron chi connectivity index (χ4n) is 2.37. The predicted octanol–water partition coefficient (Wildman–Crippen LogP) is 3.58. The van der Waals surface area contributed by atoms with Gasteiger partial charge in [0.15, 0.2) is 17.5 Å². The molecule has 0 aliphatic heterocycles. The molecule has 6 heteroatoms. The molecule has 0 aliphatic rings. The average molecular weight is 362 g/mol. The van der Waals surface area contributed by atoms with E-state index in [1.807, 2.05) is 29.5 Å². The van der Waals surface area contributed by atoms with Crippen LogP contribution >= 0.6 is 11.3 Å².